The predicted octanol–water partition coefficient (Wildman–Crippen LogP) is 7.70. The molecule has 0 N–H and O–H groups in total. The minimum Gasteiger partial charge on any atom is -0.494 e. The summed E-state index contributed by atoms with van der Waals surface area (Å²) < 4.78 is 6.03. The van der Waals surface area contributed by atoms with Crippen LogP contribution in [0.3, 0.4) is 0 Å². The summed E-state index contributed by atoms with van der Waals surface area (Å²) in [6, 6.07) is 8.36. The van der Waals surface area contributed by atoms with Gasteiger partial charge in [0, 0.05) is 12.0 Å². The molecule has 2 atom stereocenters. The molecule has 1 aromatic heterocycles. The van der Waals surface area contributed by atoms with Crippen molar-refractivity contribution >= 4 is 11.3 Å². The Hall–Kier alpha value is -1.42. The highest BCUT2D eigenvalue weighted by Crippen LogP contribution is 2.36. The normalized spacial score (nSPS) is 19.4. The number of benzene rings is 1. The molecular formula is C25H38N2OS. The highest BCUT2D eigenvalue weighted by molar-refractivity contribution is 7.14. The van der Waals surface area contributed by atoms with Gasteiger partial charge in [0.15, 0.2) is 0 Å². The van der Waals surface area contributed by atoms with Crippen LogP contribution in [0.1, 0.15) is 89.5 Å². The Kier molecular flexibility index (Phi) is 9.46. The molecule has 1 saturated carbocycles. The second-order valence-electron chi connectivity index (χ2n) is 8.57. The maximum absolute atomic E-state index is 6.03. The summed E-state index contributed by atoms with van der Waals surface area (Å²) in [4.78, 5) is 0. The third-order valence-electron chi connectivity index (χ3n) is 6.26. The molecule has 3 rings (SSSR count). The molecule has 3 nitrogen and oxygen atoms in total. The molecule has 4 heteroatoms. The van der Waals surface area contributed by atoms with E-state index in [4.69, 9.17) is 4.74 Å². The SMILES string of the molecule is CCCCCC1CCCCC1CCCOc1ccc(-c2nnc(CCC)s2)cc1. The van der Waals surface area contributed by atoms with E-state index in [1.54, 1.807) is 11.3 Å². The van der Waals surface area contributed by atoms with E-state index in [1.807, 2.05) is 0 Å². The van der Waals surface area contributed by atoms with Crippen LogP contribution in [0, 0.1) is 11.8 Å². The van der Waals surface area contributed by atoms with E-state index in [2.05, 4.69) is 48.3 Å². The fourth-order valence-electron chi connectivity index (χ4n) is 4.62. The van der Waals surface area contributed by atoms with Crippen molar-refractivity contribution < 1.29 is 4.74 Å². The van der Waals surface area contributed by atoms with Crippen molar-refractivity contribution in [2.75, 3.05) is 6.61 Å². The predicted molar refractivity (Wildman–Crippen MR) is 124 cm³/mol. The van der Waals surface area contributed by atoms with Crippen molar-refractivity contribution in [2.45, 2.75) is 90.9 Å². The standard InChI is InChI=1S/C25H38N2OS/c1-3-5-6-11-20-12-7-8-13-21(20)14-9-19-28-23-17-15-22(16-18-23)25-27-26-24(29-25)10-4-2/h15-18,20-21H,3-14,19H2,1-2H3. The van der Waals surface area contributed by atoms with E-state index in [1.165, 1.54) is 64.2 Å². The van der Waals surface area contributed by atoms with Crippen molar-refractivity contribution in [3.63, 3.8) is 0 Å². The van der Waals surface area contributed by atoms with Crippen LogP contribution < -0.4 is 4.74 Å². The van der Waals surface area contributed by atoms with Crippen LogP contribution in [-0.4, -0.2) is 16.8 Å². The molecule has 160 valence electrons. The quantitative estimate of drug-likeness (QED) is 0.334. The maximum Gasteiger partial charge on any atom is 0.147 e. The van der Waals surface area contributed by atoms with Crippen LogP contribution in [0.5, 0.6) is 5.75 Å². The molecule has 29 heavy (non-hydrogen) atoms. The van der Waals surface area contributed by atoms with Crippen LogP contribution >= 0.6 is 11.3 Å². The van der Waals surface area contributed by atoms with Crippen molar-refractivity contribution in [2.24, 2.45) is 11.8 Å². The van der Waals surface area contributed by atoms with Gasteiger partial charge < -0.3 is 4.74 Å². The Morgan fingerprint density at radius 1 is 0.897 bits per heavy atom. The summed E-state index contributed by atoms with van der Waals surface area (Å²) in [5.41, 5.74) is 1.13. The average molecular weight is 415 g/mol. The molecule has 0 radical (unpaired) electrons. The molecule has 0 bridgehead atoms. The van der Waals surface area contributed by atoms with Crippen LogP contribution in [0.2, 0.25) is 0 Å². The van der Waals surface area contributed by atoms with Gasteiger partial charge >= 0.3 is 0 Å². The number of unbranched alkanes of at least 4 members (excludes halogenated alkanes) is 2. The number of aryl methyl sites for hydroxylation is 1. The van der Waals surface area contributed by atoms with E-state index < -0.39 is 0 Å². The van der Waals surface area contributed by atoms with E-state index in [0.717, 1.165) is 52.6 Å². The topological polar surface area (TPSA) is 35.0 Å². The van der Waals surface area contributed by atoms with Gasteiger partial charge in [-0.25, -0.2) is 0 Å². The molecule has 1 heterocycles. The highest BCUT2D eigenvalue weighted by Gasteiger charge is 2.24. The van der Waals surface area contributed by atoms with Gasteiger partial charge in [0.25, 0.3) is 0 Å². The zero-order valence-electron chi connectivity index (χ0n) is 18.4. The zero-order chi connectivity index (χ0) is 20.3. The number of nitrogens with zero attached hydrogens (tertiary/aromatic N) is 2. The van der Waals surface area contributed by atoms with Crippen molar-refractivity contribution in [3.05, 3.63) is 29.3 Å². The molecule has 1 aliphatic rings. The molecule has 2 unspecified atom stereocenters. The summed E-state index contributed by atoms with van der Waals surface area (Å²) in [5, 5.41) is 10.7. The van der Waals surface area contributed by atoms with E-state index in [0.29, 0.717) is 0 Å². The first kappa shape index (κ1) is 22.3. The minimum absolute atomic E-state index is 0.830. The molecule has 1 aliphatic carbocycles. The Morgan fingerprint density at radius 3 is 2.31 bits per heavy atom. The van der Waals surface area contributed by atoms with Crippen LogP contribution in [0.15, 0.2) is 24.3 Å². The Bertz CT molecular complexity index is 697. The molecule has 0 aliphatic heterocycles. The largest absolute Gasteiger partial charge is 0.494 e. The van der Waals surface area contributed by atoms with Gasteiger partial charge in [-0.15, -0.1) is 10.2 Å². The summed E-state index contributed by atoms with van der Waals surface area (Å²) in [6.07, 6.45) is 16.0. The third kappa shape index (κ3) is 7.09. The molecule has 0 amide bonds. The molecule has 0 spiro atoms. The van der Waals surface area contributed by atoms with Gasteiger partial charge in [0.1, 0.15) is 15.8 Å². The van der Waals surface area contributed by atoms with Gasteiger partial charge in [-0.1, -0.05) is 76.6 Å². The van der Waals surface area contributed by atoms with Crippen molar-refractivity contribution in [1.29, 1.82) is 0 Å². The number of hydrogen-bond donors (Lipinski definition) is 0. The van der Waals surface area contributed by atoms with Gasteiger partial charge in [0.2, 0.25) is 0 Å². The molecule has 0 saturated heterocycles. The number of hydrogen-bond acceptors (Lipinski definition) is 4. The van der Waals surface area contributed by atoms with Gasteiger partial charge in [-0.05, 0) is 55.4 Å². The maximum atomic E-state index is 6.03. The van der Waals surface area contributed by atoms with Crippen LogP contribution in [0.25, 0.3) is 10.6 Å². The lowest BCUT2D eigenvalue weighted by atomic mass is 9.74. The first-order chi connectivity index (χ1) is 14.3. The smallest absolute Gasteiger partial charge is 0.147 e. The first-order valence-electron chi connectivity index (χ1n) is 11.9. The fraction of sp³-hybridized carbons (Fsp3) is 0.680. The lowest BCUT2D eigenvalue weighted by molar-refractivity contribution is 0.190. The third-order valence-corrected chi connectivity index (χ3v) is 7.30. The lowest BCUT2D eigenvalue weighted by Gasteiger charge is -2.31. The van der Waals surface area contributed by atoms with Gasteiger partial charge in [-0.2, -0.15) is 0 Å². The van der Waals surface area contributed by atoms with Crippen molar-refractivity contribution in [3.8, 4) is 16.3 Å². The van der Waals surface area contributed by atoms with E-state index in [9.17, 15) is 0 Å². The van der Waals surface area contributed by atoms with E-state index >= 15 is 0 Å². The zero-order valence-corrected chi connectivity index (χ0v) is 19.2. The summed E-state index contributed by atoms with van der Waals surface area (Å²) in [6.45, 7) is 5.31. The summed E-state index contributed by atoms with van der Waals surface area (Å²) in [5.74, 6) is 2.87. The molecule has 1 fully saturated rings. The lowest BCUT2D eigenvalue weighted by Crippen LogP contribution is -2.20. The van der Waals surface area contributed by atoms with Gasteiger partial charge in [-0.3, -0.25) is 0 Å². The monoisotopic (exact) mass is 414 g/mol. The Labute approximate surface area is 181 Å². The summed E-state index contributed by atoms with van der Waals surface area (Å²) >= 11 is 1.70. The Balaban J connectivity index is 1.40. The fourth-order valence-corrected chi connectivity index (χ4v) is 5.56. The van der Waals surface area contributed by atoms with Crippen LogP contribution in [-0.2, 0) is 6.42 Å². The summed E-state index contributed by atoms with van der Waals surface area (Å²) in [7, 11) is 0. The number of aromatic nitrogens is 2. The number of ether oxygens (including phenoxy) is 1. The molecular weight excluding hydrogens is 376 g/mol. The van der Waals surface area contributed by atoms with Crippen LogP contribution in [0.4, 0.5) is 0 Å². The second kappa shape index (κ2) is 12.3. The number of rotatable bonds is 12. The Morgan fingerprint density at radius 2 is 1.62 bits per heavy atom. The second-order valence-corrected chi connectivity index (χ2v) is 9.63. The van der Waals surface area contributed by atoms with Gasteiger partial charge in [0.05, 0.1) is 6.61 Å². The molecule has 2 aromatic rings. The molecule has 1 aromatic carbocycles. The highest BCUT2D eigenvalue weighted by atomic mass is 32.1. The minimum atomic E-state index is 0.830. The van der Waals surface area contributed by atoms with Crippen molar-refractivity contribution in [1.82, 2.24) is 10.2 Å². The first-order valence-corrected chi connectivity index (χ1v) is 12.7. The average Bonchev–Trinajstić information content (AvgIpc) is 3.22. The van der Waals surface area contributed by atoms with E-state index in [-0.39, 0.29) is 0 Å².